The Morgan fingerprint density at radius 1 is 1.38 bits per heavy atom. The number of benzene rings is 1. The van der Waals surface area contributed by atoms with Gasteiger partial charge in [-0.3, -0.25) is 4.79 Å². The minimum Gasteiger partial charge on any atom is -0.348 e. The van der Waals surface area contributed by atoms with E-state index in [2.05, 4.69) is 15.6 Å². The Bertz CT molecular complexity index is 660. The molecule has 1 aromatic heterocycles. The number of rotatable bonds is 5. The molecular formula is C17H24ClN5O. The molecule has 6 nitrogen and oxygen atoms in total. The zero-order valence-corrected chi connectivity index (χ0v) is 14.6. The Kier molecular flexibility index (Phi) is 6.34. The van der Waals surface area contributed by atoms with E-state index in [-0.39, 0.29) is 30.4 Å². The van der Waals surface area contributed by atoms with Gasteiger partial charge in [-0.2, -0.15) is 0 Å². The topological polar surface area (TPSA) is 85.8 Å². The summed E-state index contributed by atoms with van der Waals surface area (Å²) in [5.74, 6) is 0.344. The Morgan fingerprint density at radius 2 is 2.12 bits per heavy atom. The number of aromatic nitrogens is 3. The fourth-order valence-corrected chi connectivity index (χ4v) is 3.11. The molecule has 3 rings (SSSR count). The van der Waals surface area contributed by atoms with Gasteiger partial charge in [0, 0.05) is 12.5 Å². The SMILES string of the molecule is CC(NC(=O)C[C@@H]1CCC[C@H]1N)c1cn(-c2ccccc2)nn1.Cl. The molecule has 2 aromatic rings. The molecule has 130 valence electrons. The maximum absolute atomic E-state index is 12.2. The van der Waals surface area contributed by atoms with Crippen LogP contribution in [-0.4, -0.2) is 26.9 Å². The van der Waals surface area contributed by atoms with Gasteiger partial charge in [0.25, 0.3) is 0 Å². The Labute approximate surface area is 148 Å². The van der Waals surface area contributed by atoms with Gasteiger partial charge in [0.2, 0.25) is 5.91 Å². The molecule has 3 N–H and O–H groups in total. The van der Waals surface area contributed by atoms with E-state index in [1.165, 1.54) is 0 Å². The third-order valence-corrected chi connectivity index (χ3v) is 4.52. The summed E-state index contributed by atoms with van der Waals surface area (Å²) in [7, 11) is 0. The summed E-state index contributed by atoms with van der Waals surface area (Å²) in [6, 6.07) is 9.77. The van der Waals surface area contributed by atoms with Crippen molar-refractivity contribution in [1.82, 2.24) is 20.3 Å². The fourth-order valence-electron chi connectivity index (χ4n) is 3.11. The normalized spacial score (nSPS) is 21.1. The van der Waals surface area contributed by atoms with E-state index in [1.807, 2.05) is 43.5 Å². The van der Waals surface area contributed by atoms with E-state index in [0.29, 0.717) is 12.3 Å². The predicted octanol–water partition coefficient (Wildman–Crippen LogP) is 2.38. The van der Waals surface area contributed by atoms with Gasteiger partial charge in [0.1, 0.15) is 5.69 Å². The third-order valence-electron chi connectivity index (χ3n) is 4.52. The van der Waals surface area contributed by atoms with Crippen LogP contribution in [0.3, 0.4) is 0 Å². The maximum atomic E-state index is 12.2. The molecule has 1 fully saturated rings. The van der Waals surface area contributed by atoms with E-state index in [9.17, 15) is 4.79 Å². The van der Waals surface area contributed by atoms with Gasteiger partial charge in [-0.25, -0.2) is 4.68 Å². The summed E-state index contributed by atoms with van der Waals surface area (Å²) in [5, 5.41) is 11.3. The molecule has 1 aliphatic carbocycles. The average molecular weight is 350 g/mol. The van der Waals surface area contributed by atoms with Gasteiger partial charge in [-0.1, -0.05) is 29.8 Å². The van der Waals surface area contributed by atoms with Crippen LogP contribution in [0.4, 0.5) is 0 Å². The van der Waals surface area contributed by atoms with E-state index in [0.717, 1.165) is 30.6 Å². The lowest BCUT2D eigenvalue weighted by Gasteiger charge is -2.16. The van der Waals surface area contributed by atoms with Gasteiger partial charge < -0.3 is 11.1 Å². The number of hydrogen-bond acceptors (Lipinski definition) is 4. The van der Waals surface area contributed by atoms with Crippen molar-refractivity contribution in [3.63, 3.8) is 0 Å². The third kappa shape index (κ3) is 4.33. The smallest absolute Gasteiger partial charge is 0.220 e. The van der Waals surface area contributed by atoms with Gasteiger partial charge in [0.15, 0.2) is 0 Å². The monoisotopic (exact) mass is 349 g/mol. The molecule has 1 unspecified atom stereocenters. The molecule has 1 saturated carbocycles. The second kappa shape index (κ2) is 8.26. The highest BCUT2D eigenvalue weighted by Gasteiger charge is 2.26. The first-order valence-corrected chi connectivity index (χ1v) is 8.16. The minimum atomic E-state index is -0.169. The number of nitrogens with two attached hydrogens (primary N) is 1. The molecular weight excluding hydrogens is 326 g/mol. The number of halogens is 1. The molecule has 7 heteroatoms. The highest BCUT2D eigenvalue weighted by molar-refractivity contribution is 5.85. The standard InChI is InChI=1S/C17H23N5O.ClH/c1-12(19-17(23)10-13-6-5-9-15(13)18)16-11-22(21-20-16)14-7-3-2-4-8-14;/h2-4,7-8,11-13,15H,5-6,9-10,18H2,1H3,(H,19,23);1H/t12?,13-,15+;/m0./s1. The lowest BCUT2D eigenvalue weighted by Crippen LogP contribution is -2.33. The number of carbonyl (C=O) groups is 1. The number of hydrogen-bond donors (Lipinski definition) is 2. The summed E-state index contributed by atoms with van der Waals surface area (Å²) in [4.78, 5) is 12.2. The second-order valence-corrected chi connectivity index (χ2v) is 6.27. The van der Waals surface area contributed by atoms with E-state index < -0.39 is 0 Å². The quantitative estimate of drug-likeness (QED) is 0.867. The molecule has 24 heavy (non-hydrogen) atoms. The maximum Gasteiger partial charge on any atom is 0.220 e. The van der Waals surface area contributed by atoms with E-state index in [1.54, 1.807) is 4.68 Å². The number of carbonyl (C=O) groups excluding carboxylic acids is 1. The van der Waals surface area contributed by atoms with Crippen LogP contribution in [0.2, 0.25) is 0 Å². The molecule has 1 heterocycles. The molecule has 1 aromatic carbocycles. The summed E-state index contributed by atoms with van der Waals surface area (Å²) in [5.41, 5.74) is 7.73. The lowest BCUT2D eigenvalue weighted by atomic mass is 9.99. The molecule has 0 aliphatic heterocycles. The van der Waals surface area contributed by atoms with Gasteiger partial charge >= 0.3 is 0 Å². The minimum absolute atomic E-state index is 0. The number of amides is 1. The van der Waals surface area contributed by atoms with Crippen molar-refractivity contribution >= 4 is 18.3 Å². The van der Waals surface area contributed by atoms with Crippen LogP contribution in [0, 0.1) is 5.92 Å². The number of nitrogens with one attached hydrogen (secondary N) is 1. The summed E-state index contributed by atoms with van der Waals surface area (Å²) >= 11 is 0. The summed E-state index contributed by atoms with van der Waals surface area (Å²) < 4.78 is 1.71. The lowest BCUT2D eigenvalue weighted by molar-refractivity contribution is -0.122. The van der Waals surface area contributed by atoms with Gasteiger partial charge in [-0.15, -0.1) is 17.5 Å². The molecule has 0 spiro atoms. The molecule has 0 radical (unpaired) electrons. The number of nitrogens with zero attached hydrogens (tertiary/aromatic N) is 3. The van der Waals surface area contributed by atoms with Gasteiger partial charge in [0.05, 0.1) is 17.9 Å². The summed E-state index contributed by atoms with van der Waals surface area (Å²) in [6.45, 7) is 1.92. The molecule has 0 saturated heterocycles. The van der Waals surface area contributed by atoms with Crippen molar-refractivity contribution < 1.29 is 4.79 Å². The predicted molar refractivity (Wildman–Crippen MR) is 95.1 cm³/mol. The van der Waals surface area contributed by atoms with Crippen LogP contribution >= 0.6 is 12.4 Å². The van der Waals surface area contributed by atoms with Crippen LogP contribution in [-0.2, 0) is 4.79 Å². The zero-order chi connectivity index (χ0) is 16.2. The van der Waals surface area contributed by atoms with Gasteiger partial charge in [-0.05, 0) is 37.8 Å². The first kappa shape index (κ1) is 18.4. The van der Waals surface area contributed by atoms with E-state index >= 15 is 0 Å². The average Bonchev–Trinajstić information content (AvgIpc) is 3.18. The molecule has 0 bridgehead atoms. The van der Waals surface area contributed by atoms with Crippen molar-refractivity contribution in [2.45, 2.75) is 44.7 Å². The van der Waals surface area contributed by atoms with Crippen molar-refractivity contribution in [2.24, 2.45) is 11.7 Å². The fraction of sp³-hybridized carbons (Fsp3) is 0.471. The van der Waals surface area contributed by atoms with Crippen molar-refractivity contribution in [3.05, 3.63) is 42.2 Å². The molecule has 1 amide bonds. The highest BCUT2D eigenvalue weighted by atomic mass is 35.5. The Balaban J connectivity index is 0.00000208. The van der Waals surface area contributed by atoms with Crippen LogP contribution in [0.25, 0.3) is 5.69 Å². The Morgan fingerprint density at radius 3 is 2.79 bits per heavy atom. The highest BCUT2D eigenvalue weighted by Crippen LogP contribution is 2.27. The Hall–Kier alpha value is -1.92. The first-order chi connectivity index (χ1) is 11.1. The van der Waals surface area contributed by atoms with Crippen LogP contribution < -0.4 is 11.1 Å². The van der Waals surface area contributed by atoms with Crippen molar-refractivity contribution in [3.8, 4) is 5.69 Å². The van der Waals surface area contributed by atoms with Crippen LogP contribution in [0.1, 0.15) is 44.3 Å². The zero-order valence-electron chi connectivity index (χ0n) is 13.8. The van der Waals surface area contributed by atoms with Crippen LogP contribution in [0.5, 0.6) is 0 Å². The van der Waals surface area contributed by atoms with Crippen LogP contribution in [0.15, 0.2) is 36.5 Å². The van der Waals surface area contributed by atoms with Crippen molar-refractivity contribution in [1.29, 1.82) is 0 Å². The first-order valence-electron chi connectivity index (χ1n) is 8.16. The number of para-hydroxylation sites is 1. The molecule has 3 atom stereocenters. The summed E-state index contributed by atoms with van der Waals surface area (Å²) in [6.07, 6.45) is 5.55. The second-order valence-electron chi connectivity index (χ2n) is 6.27. The van der Waals surface area contributed by atoms with Crippen molar-refractivity contribution in [2.75, 3.05) is 0 Å². The largest absolute Gasteiger partial charge is 0.348 e. The van der Waals surface area contributed by atoms with E-state index in [4.69, 9.17) is 5.73 Å². The molecule has 1 aliphatic rings.